The third-order valence-corrected chi connectivity index (χ3v) is 9.87. The first-order chi connectivity index (χ1) is 13.2. The summed E-state index contributed by atoms with van der Waals surface area (Å²) in [5, 5.41) is 10.9. The van der Waals surface area contributed by atoms with Gasteiger partial charge in [-0.05, 0) is 73.5 Å². The summed E-state index contributed by atoms with van der Waals surface area (Å²) in [4.78, 5) is 12.0. The van der Waals surface area contributed by atoms with Gasteiger partial charge in [-0.2, -0.15) is 22.0 Å². The van der Waals surface area contributed by atoms with Gasteiger partial charge in [0.1, 0.15) is 11.4 Å². The molecule has 4 fully saturated rings. The lowest BCUT2D eigenvalue weighted by atomic mass is 9.42. The molecule has 166 valence electrons. The Kier molecular flexibility index (Phi) is 4.57. The average Bonchev–Trinajstić information content (AvgIpc) is 2.88. The van der Waals surface area contributed by atoms with Crippen LogP contribution in [-0.4, -0.2) is 28.6 Å². The Balaban J connectivity index is 1.71. The average molecular weight is 422 g/mol. The summed E-state index contributed by atoms with van der Waals surface area (Å²) in [6, 6.07) is 0. The zero-order valence-electron chi connectivity index (χ0n) is 17.3. The highest BCUT2D eigenvalue weighted by atomic mass is 19.4. The van der Waals surface area contributed by atoms with E-state index in [9.17, 15) is 31.9 Å². The lowest BCUT2D eigenvalue weighted by Gasteiger charge is -2.63. The summed E-state index contributed by atoms with van der Waals surface area (Å²) in [7, 11) is 0. The number of carbonyl (C=O) groups excluding carboxylic acids is 1. The summed E-state index contributed by atoms with van der Waals surface area (Å²) < 4.78 is 68.8. The normalized spacial score (nSPS) is 50.7. The van der Waals surface area contributed by atoms with Crippen LogP contribution in [-0.2, 0) is 4.79 Å². The fourth-order valence-electron chi connectivity index (χ4n) is 8.20. The zero-order chi connectivity index (χ0) is 21.6. The fourth-order valence-corrected chi connectivity index (χ4v) is 8.20. The minimum atomic E-state index is -5.77. The van der Waals surface area contributed by atoms with Crippen LogP contribution >= 0.6 is 0 Å². The van der Waals surface area contributed by atoms with Crippen LogP contribution in [0.5, 0.6) is 0 Å². The molecule has 2 nitrogen and oxygen atoms in total. The Morgan fingerprint density at radius 2 is 1.62 bits per heavy atom. The maximum absolute atomic E-state index is 14.5. The number of Topliss-reactive ketones (excluding diaryl/α,β-unsaturated/α-hetero) is 1. The Labute approximate surface area is 168 Å². The van der Waals surface area contributed by atoms with E-state index in [1.807, 2.05) is 0 Å². The standard InChI is InChI=1S/C22H31F5O2/c1-12-10-13-11-14(28)4-7-18(13,2)15-5-8-19(3)16(17(12)15)6-9-20(19,29)21(23,24)22(25,26)27/h12-13,15-17,29H,4-11H2,1-3H3/t12-,13+,15+,16+,17-,18+,19+,20+/m1/s1. The van der Waals surface area contributed by atoms with Gasteiger partial charge in [-0.25, -0.2) is 0 Å². The van der Waals surface area contributed by atoms with Gasteiger partial charge in [0, 0.05) is 18.3 Å². The third kappa shape index (κ3) is 2.58. The largest absolute Gasteiger partial charge is 0.456 e. The molecule has 4 aliphatic rings. The maximum atomic E-state index is 14.5. The highest BCUT2D eigenvalue weighted by Crippen LogP contribution is 2.71. The Bertz CT molecular complexity index is 706. The van der Waals surface area contributed by atoms with E-state index in [0.29, 0.717) is 19.3 Å². The number of rotatable bonds is 1. The number of fused-ring (bicyclic) bond motifs is 5. The van der Waals surface area contributed by atoms with E-state index < -0.39 is 29.5 Å². The third-order valence-electron chi connectivity index (χ3n) is 9.87. The van der Waals surface area contributed by atoms with Crippen LogP contribution in [0.3, 0.4) is 0 Å². The van der Waals surface area contributed by atoms with E-state index in [2.05, 4.69) is 13.8 Å². The van der Waals surface area contributed by atoms with Crippen molar-refractivity contribution < 1.29 is 31.9 Å². The van der Waals surface area contributed by atoms with E-state index >= 15 is 0 Å². The molecule has 1 N–H and O–H groups in total. The van der Waals surface area contributed by atoms with Crippen LogP contribution in [0.4, 0.5) is 22.0 Å². The maximum Gasteiger partial charge on any atom is 0.456 e. The molecule has 0 heterocycles. The Hall–Kier alpha value is -0.720. The number of aliphatic hydroxyl groups is 1. The Morgan fingerprint density at radius 1 is 1.00 bits per heavy atom. The van der Waals surface area contributed by atoms with Crippen LogP contribution in [0.2, 0.25) is 0 Å². The summed E-state index contributed by atoms with van der Waals surface area (Å²) >= 11 is 0. The highest BCUT2D eigenvalue weighted by Gasteiger charge is 2.79. The topological polar surface area (TPSA) is 37.3 Å². The molecule has 0 spiro atoms. The van der Waals surface area contributed by atoms with Gasteiger partial charge in [-0.15, -0.1) is 0 Å². The monoisotopic (exact) mass is 422 g/mol. The van der Waals surface area contributed by atoms with Crippen molar-refractivity contribution in [3.63, 3.8) is 0 Å². The van der Waals surface area contributed by atoms with E-state index in [0.717, 1.165) is 12.8 Å². The molecule has 4 aliphatic carbocycles. The van der Waals surface area contributed by atoms with E-state index in [1.54, 1.807) is 0 Å². The van der Waals surface area contributed by atoms with Gasteiger partial charge < -0.3 is 5.11 Å². The van der Waals surface area contributed by atoms with Crippen molar-refractivity contribution >= 4 is 5.78 Å². The lowest BCUT2D eigenvalue weighted by Crippen LogP contribution is -2.66. The van der Waals surface area contributed by atoms with Crippen LogP contribution in [0.1, 0.15) is 72.1 Å². The number of alkyl halides is 5. The fraction of sp³-hybridized carbons (Fsp3) is 0.955. The molecule has 7 heteroatoms. The SMILES string of the molecule is C[C@@H]1C[C@H]2CC(=O)CC[C@]2(C)[C@H]2CC[C@@]3(C)[C@@H](CC[C@@]3(O)C(F)(F)C(F)(F)F)[C@H]12. The molecule has 0 radical (unpaired) electrons. The number of hydrogen-bond donors (Lipinski definition) is 1. The molecule has 0 amide bonds. The van der Waals surface area contributed by atoms with Crippen molar-refractivity contribution in [3.8, 4) is 0 Å². The van der Waals surface area contributed by atoms with Crippen LogP contribution in [0.15, 0.2) is 0 Å². The van der Waals surface area contributed by atoms with Gasteiger partial charge in [0.15, 0.2) is 0 Å². The first-order valence-electron chi connectivity index (χ1n) is 10.9. The zero-order valence-corrected chi connectivity index (χ0v) is 17.3. The number of carbonyl (C=O) groups is 1. The summed E-state index contributed by atoms with van der Waals surface area (Å²) in [5.41, 5.74) is -4.59. The van der Waals surface area contributed by atoms with Gasteiger partial charge in [0.05, 0.1) is 0 Å². The lowest BCUT2D eigenvalue weighted by molar-refractivity contribution is -0.364. The van der Waals surface area contributed by atoms with E-state index in [4.69, 9.17) is 0 Å². The molecule has 0 aromatic heterocycles. The molecule has 0 aliphatic heterocycles. The van der Waals surface area contributed by atoms with Crippen molar-refractivity contribution in [1.82, 2.24) is 0 Å². The van der Waals surface area contributed by atoms with Crippen molar-refractivity contribution in [2.75, 3.05) is 0 Å². The summed E-state index contributed by atoms with van der Waals surface area (Å²) in [5.74, 6) is -4.57. The van der Waals surface area contributed by atoms with Crippen LogP contribution < -0.4 is 0 Å². The van der Waals surface area contributed by atoms with Gasteiger partial charge in [-0.1, -0.05) is 20.8 Å². The minimum Gasteiger partial charge on any atom is -0.383 e. The predicted octanol–water partition coefficient (Wildman–Crippen LogP) is 5.77. The second-order valence-electron chi connectivity index (χ2n) is 10.9. The number of ketones is 1. The quantitative estimate of drug-likeness (QED) is 0.545. The number of hydrogen-bond acceptors (Lipinski definition) is 2. The van der Waals surface area contributed by atoms with Crippen LogP contribution in [0, 0.1) is 40.4 Å². The van der Waals surface area contributed by atoms with Gasteiger partial charge in [0.2, 0.25) is 0 Å². The highest BCUT2D eigenvalue weighted by molar-refractivity contribution is 5.79. The number of halogens is 5. The second kappa shape index (κ2) is 6.17. The molecule has 8 atom stereocenters. The van der Waals surface area contributed by atoms with Crippen molar-refractivity contribution in [2.24, 2.45) is 40.4 Å². The molecule has 0 aromatic rings. The van der Waals surface area contributed by atoms with Crippen molar-refractivity contribution in [3.05, 3.63) is 0 Å². The first-order valence-corrected chi connectivity index (χ1v) is 10.9. The van der Waals surface area contributed by atoms with E-state index in [1.165, 1.54) is 6.92 Å². The van der Waals surface area contributed by atoms with Crippen molar-refractivity contribution in [2.45, 2.75) is 89.8 Å². The van der Waals surface area contributed by atoms with E-state index in [-0.39, 0.29) is 53.6 Å². The molecule has 4 saturated carbocycles. The van der Waals surface area contributed by atoms with Gasteiger partial charge in [-0.3, -0.25) is 4.79 Å². The first kappa shape index (κ1) is 21.5. The smallest absolute Gasteiger partial charge is 0.383 e. The molecular weight excluding hydrogens is 391 g/mol. The molecular formula is C22H31F5O2. The minimum absolute atomic E-state index is 0.0151. The summed E-state index contributed by atoms with van der Waals surface area (Å²) in [6.45, 7) is 5.72. The Morgan fingerprint density at radius 3 is 2.24 bits per heavy atom. The van der Waals surface area contributed by atoms with Crippen LogP contribution in [0.25, 0.3) is 0 Å². The molecule has 0 bridgehead atoms. The predicted molar refractivity (Wildman–Crippen MR) is 97.2 cm³/mol. The van der Waals surface area contributed by atoms with Gasteiger partial charge in [0.25, 0.3) is 0 Å². The molecule has 0 unspecified atom stereocenters. The molecule has 4 rings (SSSR count). The molecule has 0 aromatic carbocycles. The summed E-state index contributed by atoms with van der Waals surface area (Å²) in [6.07, 6.45) is -2.70. The molecule has 29 heavy (non-hydrogen) atoms. The second-order valence-corrected chi connectivity index (χ2v) is 10.9. The van der Waals surface area contributed by atoms with Crippen molar-refractivity contribution in [1.29, 1.82) is 0 Å². The van der Waals surface area contributed by atoms with Gasteiger partial charge >= 0.3 is 12.1 Å². The molecule has 0 saturated heterocycles.